The van der Waals surface area contributed by atoms with Crippen molar-refractivity contribution < 1.29 is 9.47 Å². The lowest BCUT2D eigenvalue weighted by molar-refractivity contribution is 0.296. The first-order chi connectivity index (χ1) is 7.72. The molecule has 0 radical (unpaired) electrons. The Labute approximate surface area is 107 Å². The number of halogens is 2. The molecule has 0 saturated carbocycles. The molecule has 0 spiro atoms. The van der Waals surface area contributed by atoms with E-state index in [1.54, 1.807) is 12.1 Å². The number of alkyl halides is 1. The second-order valence-corrected chi connectivity index (χ2v) is 4.66. The van der Waals surface area contributed by atoms with E-state index in [2.05, 4.69) is 15.9 Å². The molecule has 0 N–H and O–H groups in total. The summed E-state index contributed by atoms with van der Waals surface area (Å²) in [5.41, 5.74) is 0.709. The normalized spacial score (nSPS) is 16.1. The minimum atomic E-state index is -0.673. The van der Waals surface area contributed by atoms with Gasteiger partial charge in [-0.25, -0.2) is 0 Å². The van der Waals surface area contributed by atoms with Gasteiger partial charge in [0.05, 0.1) is 23.8 Å². The quantitative estimate of drug-likeness (QED) is 0.747. The molecule has 0 amide bonds. The van der Waals surface area contributed by atoms with Crippen LogP contribution in [0.3, 0.4) is 0 Å². The molecule has 0 fully saturated rings. The smallest absolute Gasteiger partial charge is 0.175 e. The molecule has 1 atom stereocenters. The third kappa shape index (κ3) is 2.26. The number of rotatable bonds is 1. The maximum Gasteiger partial charge on any atom is 0.175 e. The molecule has 0 bridgehead atoms. The molecule has 1 aliphatic rings. The summed E-state index contributed by atoms with van der Waals surface area (Å²) in [6.07, 6.45) is 0.846. The van der Waals surface area contributed by atoms with Gasteiger partial charge >= 0.3 is 0 Å². The first kappa shape index (κ1) is 11.6. The summed E-state index contributed by atoms with van der Waals surface area (Å²) >= 11 is 9.26. The standard InChI is InChI=1S/C11H9BrClNO2/c12-8-4-7(9(13)6-14)5-10-11(8)16-3-1-2-15-10/h4-5,9H,1-3H2. The van der Waals surface area contributed by atoms with Crippen LogP contribution in [0.1, 0.15) is 17.4 Å². The van der Waals surface area contributed by atoms with Gasteiger partial charge in [-0.3, -0.25) is 0 Å². The molecule has 1 aromatic carbocycles. The fourth-order valence-electron chi connectivity index (χ4n) is 1.47. The van der Waals surface area contributed by atoms with Crippen molar-refractivity contribution in [3.63, 3.8) is 0 Å². The summed E-state index contributed by atoms with van der Waals surface area (Å²) in [5, 5.41) is 8.10. The van der Waals surface area contributed by atoms with Gasteiger partial charge in [-0.15, -0.1) is 11.6 Å². The number of hydrogen-bond acceptors (Lipinski definition) is 3. The minimum absolute atomic E-state index is 0.613. The predicted octanol–water partition coefficient (Wildman–Crippen LogP) is 3.41. The van der Waals surface area contributed by atoms with Crippen molar-refractivity contribution in [3.05, 3.63) is 22.2 Å². The van der Waals surface area contributed by atoms with Crippen molar-refractivity contribution in [1.29, 1.82) is 5.26 Å². The van der Waals surface area contributed by atoms with Crippen LogP contribution in [-0.4, -0.2) is 13.2 Å². The summed E-state index contributed by atoms with van der Waals surface area (Å²) in [4.78, 5) is 0. The molecule has 1 unspecified atom stereocenters. The van der Waals surface area contributed by atoms with Crippen LogP contribution in [0.25, 0.3) is 0 Å². The maximum atomic E-state index is 8.77. The van der Waals surface area contributed by atoms with Gasteiger partial charge in [0.1, 0.15) is 5.38 Å². The van der Waals surface area contributed by atoms with E-state index in [9.17, 15) is 0 Å². The van der Waals surface area contributed by atoms with Gasteiger partial charge < -0.3 is 9.47 Å². The Morgan fingerprint density at radius 2 is 2.12 bits per heavy atom. The highest BCUT2D eigenvalue weighted by molar-refractivity contribution is 9.10. The van der Waals surface area contributed by atoms with Gasteiger partial charge in [-0.05, 0) is 33.6 Å². The van der Waals surface area contributed by atoms with Crippen molar-refractivity contribution in [2.75, 3.05) is 13.2 Å². The van der Waals surface area contributed by atoms with E-state index in [1.165, 1.54) is 0 Å². The van der Waals surface area contributed by atoms with Gasteiger partial charge in [-0.2, -0.15) is 5.26 Å². The highest BCUT2D eigenvalue weighted by Crippen LogP contribution is 2.40. The minimum Gasteiger partial charge on any atom is -0.490 e. The van der Waals surface area contributed by atoms with Gasteiger partial charge in [0.15, 0.2) is 11.5 Å². The summed E-state index contributed by atoms with van der Waals surface area (Å²) in [5.74, 6) is 1.32. The molecule has 84 valence electrons. The van der Waals surface area contributed by atoms with E-state index in [-0.39, 0.29) is 0 Å². The molecule has 3 nitrogen and oxygen atoms in total. The number of nitriles is 1. The van der Waals surface area contributed by atoms with Gasteiger partial charge in [0.25, 0.3) is 0 Å². The molecule has 0 aliphatic carbocycles. The van der Waals surface area contributed by atoms with Crippen LogP contribution >= 0.6 is 27.5 Å². The van der Waals surface area contributed by atoms with Crippen LogP contribution in [-0.2, 0) is 0 Å². The first-order valence-electron chi connectivity index (χ1n) is 4.85. The monoisotopic (exact) mass is 301 g/mol. The number of ether oxygens (including phenoxy) is 2. The topological polar surface area (TPSA) is 42.2 Å². The van der Waals surface area contributed by atoms with E-state index in [4.69, 9.17) is 26.3 Å². The number of benzene rings is 1. The van der Waals surface area contributed by atoms with Crippen molar-refractivity contribution in [2.45, 2.75) is 11.8 Å². The summed E-state index contributed by atoms with van der Waals surface area (Å²) < 4.78 is 11.9. The maximum absolute atomic E-state index is 8.77. The van der Waals surface area contributed by atoms with Crippen LogP contribution < -0.4 is 9.47 Å². The molecule has 1 heterocycles. The zero-order valence-corrected chi connectivity index (χ0v) is 10.7. The van der Waals surface area contributed by atoms with Gasteiger partial charge in [0, 0.05) is 6.42 Å². The number of hydrogen-bond donors (Lipinski definition) is 0. The Balaban J connectivity index is 2.44. The fraction of sp³-hybridized carbons (Fsp3) is 0.364. The Morgan fingerprint density at radius 3 is 2.88 bits per heavy atom. The van der Waals surface area contributed by atoms with E-state index in [0.29, 0.717) is 30.3 Å². The van der Waals surface area contributed by atoms with E-state index < -0.39 is 5.38 Å². The Hall–Kier alpha value is -0.920. The molecule has 1 aromatic rings. The molecule has 0 saturated heterocycles. The lowest BCUT2D eigenvalue weighted by atomic mass is 10.1. The second kappa shape index (κ2) is 4.94. The predicted molar refractivity (Wildman–Crippen MR) is 64.0 cm³/mol. The zero-order chi connectivity index (χ0) is 11.5. The molecule has 0 aromatic heterocycles. The molecule has 1 aliphatic heterocycles. The van der Waals surface area contributed by atoms with E-state index in [1.807, 2.05) is 6.07 Å². The molecule has 5 heteroatoms. The molecular weight excluding hydrogens is 293 g/mol. The van der Waals surface area contributed by atoms with E-state index in [0.717, 1.165) is 10.9 Å². The zero-order valence-electron chi connectivity index (χ0n) is 8.37. The highest BCUT2D eigenvalue weighted by Gasteiger charge is 2.18. The van der Waals surface area contributed by atoms with Crippen molar-refractivity contribution in [3.8, 4) is 17.6 Å². The first-order valence-corrected chi connectivity index (χ1v) is 6.08. The van der Waals surface area contributed by atoms with Crippen LogP contribution in [0.5, 0.6) is 11.5 Å². The average molecular weight is 303 g/mol. The van der Waals surface area contributed by atoms with Crippen LogP contribution in [0.2, 0.25) is 0 Å². The molecular formula is C11H9BrClNO2. The number of nitrogens with zero attached hydrogens (tertiary/aromatic N) is 1. The van der Waals surface area contributed by atoms with E-state index >= 15 is 0 Å². The van der Waals surface area contributed by atoms with Crippen LogP contribution in [0, 0.1) is 11.3 Å². The summed E-state index contributed by atoms with van der Waals surface area (Å²) in [6, 6.07) is 5.52. The average Bonchev–Trinajstić information content (AvgIpc) is 2.53. The van der Waals surface area contributed by atoms with Crippen LogP contribution in [0.4, 0.5) is 0 Å². The lowest BCUT2D eigenvalue weighted by Crippen LogP contribution is -1.97. The third-order valence-corrected chi connectivity index (χ3v) is 3.17. The molecule has 2 rings (SSSR count). The summed E-state index contributed by atoms with van der Waals surface area (Å²) in [6.45, 7) is 1.25. The Morgan fingerprint density at radius 1 is 1.38 bits per heavy atom. The third-order valence-electron chi connectivity index (χ3n) is 2.23. The summed E-state index contributed by atoms with van der Waals surface area (Å²) in [7, 11) is 0. The van der Waals surface area contributed by atoms with Crippen molar-refractivity contribution in [2.24, 2.45) is 0 Å². The van der Waals surface area contributed by atoms with Gasteiger partial charge in [-0.1, -0.05) is 0 Å². The number of fused-ring (bicyclic) bond motifs is 1. The largest absolute Gasteiger partial charge is 0.490 e. The lowest BCUT2D eigenvalue weighted by Gasteiger charge is -2.11. The SMILES string of the molecule is N#CC(Cl)c1cc(Br)c2c(c1)OCCCO2. The Kier molecular flexibility index (Phi) is 3.57. The highest BCUT2D eigenvalue weighted by atomic mass is 79.9. The Bertz CT molecular complexity index is 444. The van der Waals surface area contributed by atoms with Crippen LogP contribution in [0.15, 0.2) is 16.6 Å². The molecule has 16 heavy (non-hydrogen) atoms. The second-order valence-electron chi connectivity index (χ2n) is 3.37. The van der Waals surface area contributed by atoms with Crippen molar-refractivity contribution >= 4 is 27.5 Å². The van der Waals surface area contributed by atoms with Gasteiger partial charge in [0.2, 0.25) is 0 Å². The van der Waals surface area contributed by atoms with Crippen molar-refractivity contribution in [1.82, 2.24) is 0 Å². The fourth-order valence-corrected chi connectivity index (χ4v) is 2.17.